The lowest BCUT2D eigenvalue weighted by Crippen LogP contribution is -2.13. The fraction of sp³-hybridized carbons (Fsp3) is 0.481. The van der Waals surface area contributed by atoms with Crippen molar-refractivity contribution in [3.63, 3.8) is 0 Å². The normalized spacial score (nSPS) is 22.5. The number of benzene rings is 1. The van der Waals surface area contributed by atoms with Gasteiger partial charge in [0.15, 0.2) is 0 Å². The van der Waals surface area contributed by atoms with Gasteiger partial charge in [-0.25, -0.2) is 0 Å². The Morgan fingerprint density at radius 1 is 1.00 bits per heavy atom. The van der Waals surface area contributed by atoms with Gasteiger partial charge in [-0.1, -0.05) is 77.8 Å². The molecule has 146 valence electrons. The molecular formula is C27H38. The predicted molar refractivity (Wildman–Crippen MR) is 121 cm³/mol. The number of allylic oxidation sites excluding steroid dienone is 4. The molecule has 2 rings (SSSR count). The van der Waals surface area contributed by atoms with Crippen molar-refractivity contribution in [2.24, 2.45) is 23.2 Å². The van der Waals surface area contributed by atoms with Crippen LogP contribution in [0.4, 0.5) is 0 Å². The molecule has 1 aliphatic rings. The molecular weight excluding hydrogens is 324 g/mol. The molecule has 3 atom stereocenters. The maximum atomic E-state index is 4.48. The fourth-order valence-corrected chi connectivity index (χ4v) is 4.30. The summed E-state index contributed by atoms with van der Waals surface area (Å²) in [7, 11) is 0. The Kier molecular flexibility index (Phi) is 6.40. The van der Waals surface area contributed by atoms with Gasteiger partial charge < -0.3 is 0 Å². The monoisotopic (exact) mass is 362 g/mol. The minimum absolute atomic E-state index is 0.0382. The molecule has 0 radical (unpaired) electrons. The first-order valence-electron chi connectivity index (χ1n) is 10.2. The molecule has 1 aromatic carbocycles. The van der Waals surface area contributed by atoms with Crippen LogP contribution in [0.25, 0.3) is 0 Å². The molecule has 1 aliphatic carbocycles. The van der Waals surface area contributed by atoms with Crippen molar-refractivity contribution in [2.75, 3.05) is 0 Å². The number of hydrogen-bond acceptors (Lipinski definition) is 0. The van der Waals surface area contributed by atoms with E-state index in [1.807, 2.05) is 0 Å². The van der Waals surface area contributed by atoms with E-state index in [0.717, 1.165) is 24.0 Å². The van der Waals surface area contributed by atoms with Crippen LogP contribution in [-0.4, -0.2) is 0 Å². The Labute approximate surface area is 167 Å². The van der Waals surface area contributed by atoms with E-state index in [4.69, 9.17) is 0 Å². The molecule has 0 spiro atoms. The average Bonchev–Trinajstić information content (AvgIpc) is 2.97. The van der Waals surface area contributed by atoms with Gasteiger partial charge in [-0.2, -0.15) is 0 Å². The smallest absolute Gasteiger partial charge is 0.00668 e. The zero-order chi connectivity index (χ0) is 20.5. The Morgan fingerprint density at radius 2 is 1.63 bits per heavy atom. The van der Waals surface area contributed by atoms with Crippen LogP contribution in [0.2, 0.25) is 0 Å². The third-order valence-electron chi connectivity index (χ3n) is 6.56. The Morgan fingerprint density at radius 3 is 2.19 bits per heavy atom. The summed E-state index contributed by atoms with van der Waals surface area (Å²) < 4.78 is 0. The van der Waals surface area contributed by atoms with Crippen LogP contribution in [0.3, 0.4) is 0 Å². The van der Waals surface area contributed by atoms with Crippen molar-refractivity contribution in [1.82, 2.24) is 0 Å². The summed E-state index contributed by atoms with van der Waals surface area (Å²) in [4.78, 5) is 0. The van der Waals surface area contributed by atoms with E-state index in [9.17, 15) is 0 Å². The first-order chi connectivity index (χ1) is 12.4. The highest BCUT2D eigenvalue weighted by Gasteiger charge is 2.35. The van der Waals surface area contributed by atoms with Gasteiger partial charge in [0.25, 0.3) is 0 Å². The molecule has 0 nitrogen and oxygen atoms in total. The summed E-state index contributed by atoms with van der Waals surface area (Å²) in [6.07, 6.45) is 3.29. The zero-order valence-corrected chi connectivity index (χ0v) is 18.4. The van der Waals surface area contributed by atoms with Crippen LogP contribution in [0, 0.1) is 37.0 Å². The van der Waals surface area contributed by atoms with Gasteiger partial charge in [0, 0.05) is 0 Å². The maximum Gasteiger partial charge on any atom is -0.00668 e. The molecule has 0 bridgehead atoms. The number of rotatable bonds is 6. The lowest BCUT2D eigenvalue weighted by molar-refractivity contribution is 0.473. The molecule has 0 amide bonds. The van der Waals surface area contributed by atoms with Gasteiger partial charge in [0.05, 0.1) is 0 Å². The minimum Gasteiger partial charge on any atom is -0.0992 e. The Hall–Kier alpha value is -1.82. The molecule has 3 unspecified atom stereocenters. The first-order valence-corrected chi connectivity index (χ1v) is 10.2. The van der Waals surface area contributed by atoms with Crippen LogP contribution in [-0.2, 0) is 6.42 Å². The van der Waals surface area contributed by atoms with Crippen molar-refractivity contribution in [3.05, 3.63) is 83.5 Å². The van der Waals surface area contributed by atoms with E-state index in [1.54, 1.807) is 0 Å². The molecule has 0 aromatic heterocycles. The predicted octanol–water partition coefficient (Wildman–Crippen LogP) is 7.78. The average molecular weight is 363 g/mol. The summed E-state index contributed by atoms with van der Waals surface area (Å²) in [6, 6.07) is 6.78. The largest absolute Gasteiger partial charge is 0.0992 e. The second-order valence-electron chi connectivity index (χ2n) is 9.74. The molecule has 1 saturated carbocycles. The fourth-order valence-electron chi connectivity index (χ4n) is 4.30. The maximum absolute atomic E-state index is 4.48. The SMILES string of the molecule is C=C(C(=C)C1CC(C)C(C(=C)Cc2ccc(C)c(C)c2)C1)C(=C)C(C)(C)C. The van der Waals surface area contributed by atoms with Crippen LogP contribution in [0.15, 0.2) is 66.8 Å². The topological polar surface area (TPSA) is 0 Å². The second kappa shape index (κ2) is 8.05. The highest BCUT2D eigenvalue weighted by molar-refractivity contribution is 5.46. The van der Waals surface area contributed by atoms with Gasteiger partial charge in [-0.15, -0.1) is 0 Å². The third-order valence-corrected chi connectivity index (χ3v) is 6.56. The van der Waals surface area contributed by atoms with Gasteiger partial charge >= 0.3 is 0 Å². The van der Waals surface area contributed by atoms with E-state index in [0.29, 0.717) is 17.8 Å². The Balaban J connectivity index is 2.05. The summed E-state index contributed by atoms with van der Waals surface area (Å²) in [5, 5.41) is 0. The van der Waals surface area contributed by atoms with Crippen molar-refractivity contribution >= 4 is 0 Å². The molecule has 1 aromatic rings. The van der Waals surface area contributed by atoms with Gasteiger partial charge in [-0.3, -0.25) is 0 Å². The molecule has 0 N–H and O–H groups in total. The molecule has 1 fully saturated rings. The molecule has 0 saturated heterocycles. The van der Waals surface area contributed by atoms with Crippen molar-refractivity contribution in [1.29, 1.82) is 0 Å². The number of aryl methyl sites for hydroxylation is 2. The first kappa shape index (κ1) is 21.5. The van der Waals surface area contributed by atoms with Crippen LogP contribution >= 0.6 is 0 Å². The minimum atomic E-state index is 0.0382. The summed E-state index contributed by atoms with van der Waals surface area (Å²) in [6.45, 7) is 30.8. The molecule has 0 aliphatic heterocycles. The quantitative estimate of drug-likeness (QED) is 0.358. The summed E-state index contributed by atoms with van der Waals surface area (Å²) >= 11 is 0. The van der Waals surface area contributed by atoms with Crippen LogP contribution in [0.1, 0.15) is 57.2 Å². The van der Waals surface area contributed by atoms with E-state index < -0.39 is 0 Å². The molecule has 27 heavy (non-hydrogen) atoms. The van der Waals surface area contributed by atoms with Gasteiger partial charge in [0.2, 0.25) is 0 Å². The molecule has 0 heteroatoms. The number of hydrogen-bond donors (Lipinski definition) is 0. The lowest BCUT2D eigenvalue weighted by atomic mass is 9.78. The van der Waals surface area contributed by atoms with E-state index >= 15 is 0 Å². The standard InChI is InChI=1S/C27H38/c1-17-11-12-24(13-18(17)2)14-19(3)26-16-25(15-20(26)4)22(6)21(5)23(7)27(8,9)10/h11-13,20,25-26H,3,5-7,14-16H2,1-2,4,8-10H3. The third kappa shape index (κ3) is 4.92. The lowest BCUT2D eigenvalue weighted by Gasteiger charge is -2.27. The highest BCUT2D eigenvalue weighted by Crippen LogP contribution is 2.46. The van der Waals surface area contributed by atoms with E-state index in [-0.39, 0.29) is 5.41 Å². The van der Waals surface area contributed by atoms with Crippen LogP contribution < -0.4 is 0 Å². The summed E-state index contributed by atoms with van der Waals surface area (Å²) in [5.74, 6) is 1.69. The van der Waals surface area contributed by atoms with E-state index in [1.165, 1.54) is 34.3 Å². The van der Waals surface area contributed by atoms with Crippen LogP contribution in [0.5, 0.6) is 0 Å². The van der Waals surface area contributed by atoms with Crippen molar-refractivity contribution in [2.45, 2.75) is 60.8 Å². The highest BCUT2D eigenvalue weighted by atomic mass is 14.4. The van der Waals surface area contributed by atoms with Gasteiger partial charge in [-0.05, 0) is 89.7 Å². The van der Waals surface area contributed by atoms with E-state index in [2.05, 4.69) is 86.1 Å². The Bertz CT molecular complexity index is 766. The molecule has 0 heterocycles. The zero-order valence-electron chi connectivity index (χ0n) is 18.4. The van der Waals surface area contributed by atoms with Crippen molar-refractivity contribution in [3.8, 4) is 0 Å². The van der Waals surface area contributed by atoms with Crippen molar-refractivity contribution < 1.29 is 0 Å². The van der Waals surface area contributed by atoms with Gasteiger partial charge in [0.1, 0.15) is 0 Å². The second-order valence-corrected chi connectivity index (χ2v) is 9.74. The summed E-state index contributed by atoms with van der Waals surface area (Å²) in [5.41, 5.74) is 8.84.